The van der Waals surface area contributed by atoms with Gasteiger partial charge >= 0.3 is 0 Å². The summed E-state index contributed by atoms with van der Waals surface area (Å²) in [5.74, 6) is 0.533. The highest BCUT2D eigenvalue weighted by molar-refractivity contribution is 5.78. The van der Waals surface area contributed by atoms with Crippen LogP contribution in [0.4, 0.5) is 0 Å². The summed E-state index contributed by atoms with van der Waals surface area (Å²) in [6.07, 6.45) is 0.987. The number of nitrogens with one attached hydrogen (secondary N) is 2. The van der Waals surface area contributed by atoms with Crippen molar-refractivity contribution in [1.82, 2.24) is 10.6 Å². The van der Waals surface area contributed by atoms with Crippen LogP contribution in [0.3, 0.4) is 0 Å². The number of amides is 1. The maximum absolute atomic E-state index is 11.7. The van der Waals surface area contributed by atoms with Crippen LogP contribution in [-0.2, 0) is 9.53 Å². The lowest BCUT2D eigenvalue weighted by Crippen LogP contribution is -2.43. The Kier molecular flexibility index (Phi) is 8.20. The summed E-state index contributed by atoms with van der Waals surface area (Å²) in [6.45, 7) is 12.5. The maximum atomic E-state index is 11.7. The highest BCUT2D eigenvalue weighted by Crippen LogP contribution is 2.18. The lowest BCUT2D eigenvalue weighted by Gasteiger charge is -2.25. The Hall–Kier alpha value is -0.610. The zero-order valence-corrected chi connectivity index (χ0v) is 12.8. The Morgan fingerprint density at radius 1 is 1.28 bits per heavy atom. The Bertz CT molecular complexity index is 240. The molecule has 0 radical (unpaired) electrons. The first-order chi connectivity index (χ1) is 8.28. The van der Waals surface area contributed by atoms with Gasteiger partial charge in [0.1, 0.15) is 0 Å². The smallest absolute Gasteiger partial charge is 0.234 e. The lowest BCUT2D eigenvalue weighted by atomic mass is 9.90. The van der Waals surface area contributed by atoms with Gasteiger partial charge in [0.05, 0.1) is 6.54 Å². The second-order valence-electron chi connectivity index (χ2n) is 6.11. The molecule has 2 N–H and O–H groups in total. The van der Waals surface area contributed by atoms with Crippen molar-refractivity contribution in [2.45, 2.75) is 47.1 Å². The first kappa shape index (κ1) is 17.4. The van der Waals surface area contributed by atoms with Crippen molar-refractivity contribution in [3.05, 3.63) is 0 Å². The molecule has 0 spiro atoms. The fourth-order valence-corrected chi connectivity index (χ4v) is 1.45. The van der Waals surface area contributed by atoms with Crippen molar-refractivity contribution in [1.29, 1.82) is 0 Å². The number of methoxy groups -OCH3 is 1. The summed E-state index contributed by atoms with van der Waals surface area (Å²) in [4.78, 5) is 11.7. The van der Waals surface area contributed by atoms with Crippen LogP contribution >= 0.6 is 0 Å². The van der Waals surface area contributed by atoms with Crippen LogP contribution in [0, 0.1) is 11.3 Å². The second kappa shape index (κ2) is 8.48. The fourth-order valence-electron chi connectivity index (χ4n) is 1.45. The van der Waals surface area contributed by atoms with Crippen LogP contribution < -0.4 is 10.6 Å². The van der Waals surface area contributed by atoms with Crippen LogP contribution in [0.5, 0.6) is 0 Å². The van der Waals surface area contributed by atoms with E-state index in [1.54, 1.807) is 7.11 Å². The van der Waals surface area contributed by atoms with Crippen LogP contribution in [0.1, 0.15) is 41.0 Å². The molecule has 0 saturated carbocycles. The van der Waals surface area contributed by atoms with E-state index in [4.69, 9.17) is 4.74 Å². The first-order valence-electron chi connectivity index (χ1n) is 6.77. The average molecular weight is 258 g/mol. The largest absolute Gasteiger partial charge is 0.385 e. The Morgan fingerprint density at radius 3 is 2.39 bits per heavy atom. The molecule has 0 bridgehead atoms. The molecule has 0 heterocycles. The van der Waals surface area contributed by atoms with E-state index in [1.165, 1.54) is 0 Å². The minimum atomic E-state index is 0.0683. The number of rotatable bonds is 9. The highest BCUT2D eigenvalue weighted by Gasteiger charge is 2.17. The number of carbonyl (C=O) groups is 1. The van der Waals surface area contributed by atoms with E-state index in [2.05, 4.69) is 38.3 Å². The minimum absolute atomic E-state index is 0.0683. The van der Waals surface area contributed by atoms with E-state index in [-0.39, 0.29) is 17.4 Å². The standard InChI is InChI=1S/C14H30N2O2/c1-11(2)12(3)16-13(17)9-15-10-14(4,5)7-8-18-6/h11-12,15H,7-10H2,1-6H3,(H,16,17). The summed E-state index contributed by atoms with van der Waals surface area (Å²) in [5, 5.41) is 6.19. The van der Waals surface area contributed by atoms with Crippen molar-refractivity contribution < 1.29 is 9.53 Å². The van der Waals surface area contributed by atoms with Gasteiger partial charge in [0.25, 0.3) is 0 Å². The number of carbonyl (C=O) groups excluding carboxylic acids is 1. The SMILES string of the molecule is COCCC(C)(C)CNCC(=O)NC(C)C(C)C. The summed E-state index contributed by atoms with van der Waals surface area (Å²) in [6, 6.07) is 0.223. The van der Waals surface area contributed by atoms with E-state index in [0.29, 0.717) is 12.5 Å². The molecular formula is C14H30N2O2. The molecule has 0 aromatic heterocycles. The van der Waals surface area contributed by atoms with Gasteiger partial charge < -0.3 is 15.4 Å². The van der Waals surface area contributed by atoms with Crippen molar-refractivity contribution >= 4 is 5.91 Å². The van der Waals surface area contributed by atoms with Gasteiger partial charge in [-0.3, -0.25) is 4.79 Å². The molecule has 0 fully saturated rings. The van der Waals surface area contributed by atoms with E-state index >= 15 is 0 Å². The second-order valence-corrected chi connectivity index (χ2v) is 6.11. The molecule has 0 aliphatic carbocycles. The Morgan fingerprint density at radius 2 is 1.89 bits per heavy atom. The molecule has 4 nitrogen and oxygen atoms in total. The van der Waals surface area contributed by atoms with Gasteiger partial charge in [0.2, 0.25) is 5.91 Å². The molecule has 0 rings (SSSR count). The zero-order valence-electron chi connectivity index (χ0n) is 12.8. The predicted molar refractivity (Wildman–Crippen MR) is 75.6 cm³/mol. The van der Waals surface area contributed by atoms with Crippen molar-refractivity contribution in [3.8, 4) is 0 Å². The number of hydrogen-bond donors (Lipinski definition) is 2. The van der Waals surface area contributed by atoms with Crippen LogP contribution in [0.25, 0.3) is 0 Å². The normalized spacial score (nSPS) is 13.7. The van der Waals surface area contributed by atoms with Crippen LogP contribution in [0.2, 0.25) is 0 Å². The molecule has 0 aliphatic heterocycles. The van der Waals surface area contributed by atoms with E-state index in [0.717, 1.165) is 19.6 Å². The van der Waals surface area contributed by atoms with Crippen LogP contribution in [0.15, 0.2) is 0 Å². The predicted octanol–water partition coefficient (Wildman–Crippen LogP) is 1.80. The molecular weight excluding hydrogens is 228 g/mol. The topological polar surface area (TPSA) is 50.4 Å². The molecule has 4 heteroatoms. The molecule has 0 aromatic rings. The molecule has 108 valence electrons. The van der Waals surface area contributed by atoms with E-state index < -0.39 is 0 Å². The maximum Gasteiger partial charge on any atom is 0.234 e. The van der Waals surface area contributed by atoms with Gasteiger partial charge in [-0.2, -0.15) is 0 Å². The first-order valence-corrected chi connectivity index (χ1v) is 6.77. The van der Waals surface area contributed by atoms with Gasteiger partial charge in [-0.1, -0.05) is 27.7 Å². The average Bonchev–Trinajstić information content (AvgIpc) is 2.25. The van der Waals surface area contributed by atoms with Crippen molar-refractivity contribution in [2.75, 3.05) is 26.8 Å². The van der Waals surface area contributed by atoms with E-state index in [1.807, 2.05) is 6.92 Å². The molecule has 0 aromatic carbocycles. The van der Waals surface area contributed by atoms with Gasteiger partial charge in [0, 0.05) is 26.3 Å². The van der Waals surface area contributed by atoms with Crippen molar-refractivity contribution in [3.63, 3.8) is 0 Å². The van der Waals surface area contributed by atoms with Gasteiger partial charge in [-0.05, 0) is 24.7 Å². The number of ether oxygens (including phenoxy) is 1. The third-order valence-corrected chi connectivity index (χ3v) is 3.26. The van der Waals surface area contributed by atoms with E-state index in [9.17, 15) is 4.79 Å². The molecule has 0 saturated heterocycles. The highest BCUT2D eigenvalue weighted by atomic mass is 16.5. The summed E-state index contributed by atoms with van der Waals surface area (Å²) < 4.78 is 5.08. The van der Waals surface area contributed by atoms with Gasteiger partial charge in [-0.25, -0.2) is 0 Å². The molecule has 1 amide bonds. The quantitative estimate of drug-likeness (QED) is 0.663. The third-order valence-electron chi connectivity index (χ3n) is 3.26. The third kappa shape index (κ3) is 8.48. The molecule has 1 unspecified atom stereocenters. The molecule has 18 heavy (non-hydrogen) atoms. The minimum Gasteiger partial charge on any atom is -0.385 e. The van der Waals surface area contributed by atoms with Crippen molar-refractivity contribution in [2.24, 2.45) is 11.3 Å². The fraction of sp³-hybridized carbons (Fsp3) is 0.929. The van der Waals surface area contributed by atoms with Crippen LogP contribution in [-0.4, -0.2) is 38.8 Å². The Balaban J connectivity index is 3.80. The van der Waals surface area contributed by atoms with Gasteiger partial charge in [-0.15, -0.1) is 0 Å². The zero-order chi connectivity index (χ0) is 14.2. The monoisotopic (exact) mass is 258 g/mol. The summed E-state index contributed by atoms with van der Waals surface area (Å²) in [7, 11) is 1.71. The number of hydrogen-bond acceptors (Lipinski definition) is 3. The molecule has 0 aliphatic rings. The summed E-state index contributed by atoms with van der Waals surface area (Å²) >= 11 is 0. The van der Waals surface area contributed by atoms with Gasteiger partial charge in [0.15, 0.2) is 0 Å². The molecule has 1 atom stereocenters. The lowest BCUT2D eigenvalue weighted by molar-refractivity contribution is -0.121. The summed E-state index contributed by atoms with van der Waals surface area (Å²) in [5.41, 5.74) is 0.153. The Labute approximate surface area is 112 Å².